The van der Waals surface area contributed by atoms with E-state index < -0.39 is 0 Å². The third-order valence-electron chi connectivity index (χ3n) is 1.85. The van der Waals surface area contributed by atoms with Gasteiger partial charge in [-0.1, -0.05) is 15.9 Å². The van der Waals surface area contributed by atoms with E-state index in [4.69, 9.17) is 5.26 Å². The molecule has 64 valence electrons. The fourth-order valence-corrected chi connectivity index (χ4v) is 1.61. The number of fused-ring (bicyclic) bond motifs is 1. The molecule has 0 bridgehead atoms. The van der Waals surface area contributed by atoms with Crippen LogP contribution in [0.1, 0.15) is 5.69 Å². The summed E-state index contributed by atoms with van der Waals surface area (Å²) < 4.78 is 1.00. The molecule has 0 radical (unpaired) electrons. The number of rotatable bonds is 1. The van der Waals surface area contributed by atoms with Crippen LogP contribution in [0.2, 0.25) is 0 Å². The third kappa shape index (κ3) is 1.43. The highest BCUT2D eigenvalue weighted by Gasteiger charge is 2.04. The molecule has 0 unspecified atom stereocenters. The maximum Gasteiger partial charge on any atom is 0.0924 e. The summed E-state index contributed by atoms with van der Waals surface area (Å²) >= 11 is 3.38. The fraction of sp³-hybridized carbons (Fsp3) is 0.111. The number of aromatic nitrogens is 2. The summed E-state index contributed by atoms with van der Waals surface area (Å²) in [6.07, 6.45) is 0.368. The second-order valence-corrected chi connectivity index (χ2v) is 3.61. The number of H-pyrrole nitrogens is 1. The zero-order chi connectivity index (χ0) is 9.26. The van der Waals surface area contributed by atoms with Crippen molar-refractivity contribution < 1.29 is 0 Å². The molecule has 3 nitrogen and oxygen atoms in total. The molecular weight excluding hydrogens is 230 g/mol. The van der Waals surface area contributed by atoms with Gasteiger partial charge in [-0.25, -0.2) is 0 Å². The summed E-state index contributed by atoms with van der Waals surface area (Å²) in [7, 11) is 0. The molecule has 0 atom stereocenters. The van der Waals surface area contributed by atoms with Crippen molar-refractivity contribution in [2.45, 2.75) is 6.42 Å². The zero-order valence-corrected chi connectivity index (χ0v) is 8.30. The van der Waals surface area contributed by atoms with Crippen LogP contribution in [0.4, 0.5) is 0 Å². The Hall–Kier alpha value is -1.34. The molecule has 0 spiro atoms. The molecule has 1 N–H and O–H groups in total. The standard InChI is InChI=1S/C9H6BrN3/c10-6-1-2-8-7(5-6)9(3-4-11)13-12-8/h1-2,5H,3H2,(H,12,13). The van der Waals surface area contributed by atoms with Crippen LogP contribution in [0.15, 0.2) is 22.7 Å². The molecule has 0 aliphatic carbocycles. The van der Waals surface area contributed by atoms with Crippen LogP contribution in [-0.4, -0.2) is 10.2 Å². The Labute approximate surface area is 83.5 Å². The van der Waals surface area contributed by atoms with Gasteiger partial charge in [-0.3, -0.25) is 5.10 Å². The van der Waals surface area contributed by atoms with Gasteiger partial charge in [0.05, 0.1) is 23.7 Å². The number of nitriles is 1. The van der Waals surface area contributed by atoms with E-state index >= 15 is 0 Å². The molecule has 0 amide bonds. The molecule has 1 heterocycles. The molecule has 1 aromatic carbocycles. The first kappa shape index (κ1) is 8.27. The van der Waals surface area contributed by atoms with E-state index in [1.165, 1.54) is 0 Å². The monoisotopic (exact) mass is 235 g/mol. The van der Waals surface area contributed by atoms with E-state index in [0.717, 1.165) is 21.1 Å². The molecule has 2 rings (SSSR count). The quantitative estimate of drug-likeness (QED) is 0.826. The summed E-state index contributed by atoms with van der Waals surface area (Å²) in [5, 5.41) is 16.5. The van der Waals surface area contributed by atoms with Gasteiger partial charge >= 0.3 is 0 Å². The second kappa shape index (κ2) is 3.19. The van der Waals surface area contributed by atoms with E-state index in [0.29, 0.717) is 6.42 Å². The first-order valence-electron chi connectivity index (χ1n) is 3.80. The Morgan fingerprint density at radius 1 is 1.54 bits per heavy atom. The van der Waals surface area contributed by atoms with Crippen molar-refractivity contribution >= 4 is 26.8 Å². The average molecular weight is 236 g/mol. The normalized spacial score (nSPS) is 10.2. The van der Waals surface area contributed by atoms with E-state index in [1.807, 2.05) is 18.2 Å². The van der Waals surface area contributed by atoms with E-state index in [1.54, 1.807) is 0 Å². The van der Waals surface area contributed by atoms with Crippen molar-refractivity contribution in [3.8, 4) is 6.07 Å². The van der Waals surface area contributed by atoms with Crippen LogP contribution < -0.4 is 0 Å². The molecule has 13 heavy (non-hydrogen) atoms. The predicted molar refractivity (Wildman–Crippen MR) is 53.1 cm³/mol. The highest BCUT2D eigenvalue weighted by molar-refractivity contribution is 9.10. The van der Waals surface area contributed by atoms with E-state index in [9.17, 15) is 0 Å². The summed E-state index contributed by atoms with van der Waals surface area (Å²) in [6, 6.07) is 7.90. The summed E-state index contributed by atoms with van der Waals surface area (Å²) in [6.45, 7) is 0. The molecule has 0 fully saturated rings. The van der Waals surface area contributed by atoms with Gasteiger partial charge in [0, 0.05) is 9.86 Å². The van der Waals surface area contributed by atoms with Gasteiger partial charge in [0.2, 0.25) is 0 Å². The van der Waals surface area contributed by atoms with Gasteiger partial charge in [0.15, 0.2) is 0 Å². The maximum atomic E-state index is 8.56. The number of halogens is 1. The van der Waals surface area contributed by atoms with Crippen LogP contribution in [-0.2, 0) is 6.42 Å². The minimum Gasteiger partial charge on any atom is -0.280 e. The van der Waals surface area contributed by atoms with Gasteiger partial charge in [0.1, 0.15) is 0 Å². The van der Waals surface area contributed by atoms with Crippen molar-refractivity contribution in [2.24, 2.45) is 0 Å². The number of nitrogens with one attached hydrogen (secondary N) is 1. The van der Waals surface area contributed by atoms with Crippen molar-refractivity contribution in [1.29, 1.82) is 5.26 Å². The number of aromatic amines is 1. The van der Waals surface area contributed by atoms with Crippen molar-refractivity contribution in [3.63, 3.8) is 0 Å². The highest BCUT2D eigenvalue weighted by atomic mass is 79.9. The largest absolute Gasteiger partial charge is 0.280 e. The van der Waals surface area contributed by atoms with Crippen LogP contribution in [0, 0.1) is 11.3 Å². The molecule has 0 aliphatic heterocycles. The molecule has 0 saturated carbocycles. The Balaban J connectivity index is 2.66. The molecule has 1 aromatic heterocycles. The summed E-state index contributed by atoms with van der Waals surface area (Å²) in [5.41, 5.74) is 1.77. The number of hydrogen-bond donors (Lipinski definition) is 1. The smallest absolute Gasteiger partial charge is 0.0924 e. The maximum absolute atomic E-state index is 8.56. The lowest BCUT2D eigenvalue weighted by Crippen LogP contribution is -1.81. The van der Waals surface area contributed by atoms with Crippen LogP contribution in [0.3, 0.4) is 0 Å². The predicted octanol–water partition coefficient (Wildman–Crippen LogP) is 2.39. The molecule has 0 saturated heterocycles. The summed E-state index contributed by atoms with van der Waals surface area (Å²) in [4.78, 5) is 0. The Morgan fingerprint density at radius 3 is 3.15 bits per heavy atom. The lowest BCUT2D eigenvalue weighted by atomic mass is 10.2. The average Bonchev–Trinajstić information content (AvgIpc) is 2.49. The Kier molecular flexibility index (Phi) is 2.03. The van der Waals surface area contributed by atoms with Crippen molar-refractivity contribution in [3.05, 3.63) is 28.4 Å². The molecule has 0 aliphatic rings. The van der Waals surface area contributed by atoms with Crippen LogP contribution in [0.25, 0.3) is 10.9 Å². The first-order valence-corrected chi connectivity index (χ1v) is 4.60. The van der Waals surface area contributed by atoms with Gasteiger partial charge in [-0.15, -0.1) is 0 Å². The van der Waals surface area contributed by atoms with Gasteiger partial charge < -0.3 is 0 Å². The van der Waals surface area contributed by atoms with Crippen LogP contribution >= 0.6 is 15.9 Å². The van der Waals surface area contributed by atoms with Gasteiger partial charge in [-0.05, 0) is 18.2 Å². The lowest BCUT2D eigenvalue weighted by molar-refractivity contribution is 1.03. The van der Waals surface area contributed by atoms with E-state index in [-0.39, 0.29) is 0 Å². The molecule has 2 aromatic rings. The fourth-order valence-electron chi connectivity index (χ4n) is 1.25. The Bertz CT molecular complexity index is 481. The van der Waals surface area contributed by atoms with E-state index in [2.05, 4.69) is 32.2 Å². The summed E-state index contributed by atoms with van der Waals surface area (Å²) in [5.74, 6) is 0. The zero-order valence-electron chi connectivity index (χ0n) is 6.71. The third-order valence-corrected chi connectivity index (χ3v) is 2.34. The number of nitrogens with zero attached hydrogens (tertiary/aromatic N) is 2. The number of hydrogen-bond acceptors (Lipinski definition) is 2. The second-order valence-electron chi connectivity index (χ2n) is 2.70. The topological polar surface area (TPSA) is 52.5 Å². The first-order chi connectivity index (χ1) is 6.31. The van der Waals surface area contributed by atoms with Gasteiger partial charge in [-0.2, -0.15) is 10.4 Å². The Morgan fingerprint density at radius 2 is 2.38 bits per heavy atom. The van der Waals surface area contributed by atoms with Crippen molar-refractivity contribution in [1.82, 2.24) is 10.2 Å². The molecular formula is C9H6BrN3. The lowest BCUT2D eigenvalue weighted by Gasteiger charge is -1.91. The van der Waals surface area contributed by atoms with Crippen molar-refractivity contribution in [2.75, 3.05) is 0 Å². The number of benzene rings is 1. The minimum absolute atomic E-state index is 0.368. The van der Waals surface area contributed by atoms with Crippen LogP contribution in [0.5, 0.6) is 0 Å². The molecule has 4 heteroatoms. The SMILES string of the molecule is N#CCc1[nH]nc2ccc(Br)cc12. The minimum atomic E-state index is 0.368. The highest BCUT2D eigenvalue weighted by Crippen LogP contribution is 2.20. The van der Waals surface area contributed by atoms with Gasteiger partial charge in [0.25, 0.3) is 0 Å².